The number of anilines is 1. The van der Waals surface area contributed by atoms with Crippen LogP contribution in [0.25, 0.3) is 10.3 Å². The van der Waals surface area contributed by atoms with Gasteiger partial charge >= 0.3 is 0 Å². The summed E-state index contributed by atoms with van der Waals surface area (Å²) in [5.41, 5.74) is 4.30. The van der Waals surface area contributed by atoms with E-state index in [2.05, 4.69) is 15.3 Å². The van der Waals surface area contributed by atoms with Gasteiger partial charge in [0.05, 0.1) is 22.0 Å². The van der Waals surface area contributed by atoms with Crippen LogP contribution in [0.4, 0.5) is 5.69 Å². The maximum absolute atomic E-state index is 10.9. The predicted octanol–water partition coefficient (Wildman–Crippen LogP) is 4.34. The minimum absolute atomic E-state index is 0.0511. The van der Waals surface area contributed by atoms with Crippen molar-refractivity contribution < 1.29 is 9.53 Å². The molecule has 0 aliphatic carbocycles. The summed E-state index contributed by atoms with van der Waals surface area (Å²) in [4.78, 5) is 17.8. The molecule has 122 valence electrons. The number of nitrogens with zero attached hydrogens (tertiary/aromatic N) is 1. The molecule has 0 saturated carbocycles. The number of hydrogen-bond donors (Lipinski definition) is 2. The zero-order chi connectivity index (χ0) is 16.8. The van der Waals surface area contributed by atoms with Crippen LogP contribution in [0.3, 0.4) is 0 Å². The number of rotatable bonds is 4. The van der Waals surface area contributed by atoms with Crippen molar-refractivity contribution in [2.45, 2.75) is 26.9 Å². The Balaban J connectivity index is 0.000000167. The van der Waals surface area contributed by atoms with Crippen molar-refractivity contribution in [1.29, 1.82) is 0 Å². The summed E-state index contributed by atoms with van der Waals surface area (Å²) in [6.07, 6.45) is 0.241. The van der Waals surface area contributed by atoms with Crippen molar-refractivity contribution in [2.75, 3.05) is 12.4 Å². The number of fused-ring (bicyclic) bond motifs is 1. The molecule has 0 aliphatic heterocycles. The van der Waals surface area contributed by atoms with E-state index >= 15 is 0 Å². The van der Waals surface area contributed by atoms with Crippen molar-refractivity contribution in [2.24, 2.45) is 0 Å². The van der Waals surface area contributed by atoms with Crippen molar-refractivity contribution in [3.8, 4) is 5.75 Å². The van der Waals surface area contributed by atoms with Crippen molar-refractivity contribution in [3.63, 3.8) is 0 Å². The monoisotopic (exact) mass is 331 g/mol. The number of ketones is 1. The van der Waals surface area contributed by atoms with E-state index in [1.165, 1.54) is 18.3 Å². The third kappa shape index (κ3) is 4.82. The summed E-state index contributed by atoms with van der Waals surface area (Å²) < 4.78 is 6.52. The average molecular weight is 331 g/mol. The lowest BCUT2D eigenvalue weighted by Gasteiger charge is -2.09. The molecule has 0 atom stereocenters. The molecule has 3 rings (SSSR count). The number of ether oxygens (including phenoxy) is 1. The van der Waals surface area contributed by atoms with E-state index in [0.29, 0.717) is 5.69 Å². The molecule has 0 bridgehead atoms. The first kappa shape index (κ1) is 17.0. The van der Waals surface area contributed by atoms with Crippen molar-refractivity contribution in [3.05, 3.63) is 41.5 Å². The summed E-state index contributed by atoms with van der Waals surface area (Å²) in [5.74, 6) is 0.971. The van der Waals surface area contributed by atoms with Gasteiger partial charge in [0.25, 0.3) is 0 Å². The summed E-state index contributed by atoms with van der Waals surface area (Å²) in [6, 6.07) is 9.75. The van der Waals surface area contributed by atoms with E-state index in [4.69, 9.17) is 4.74 Å². The van der Waals surface area contributed by atoms with Crippen LogP contribution in [0.5, 0.6) is 5.75 Å². The first-order chi connectivity index (χ1) is 11.0. The highest BCUT2D eigenvalue weighted by Gasteiger charge is 2.05. The van der Waals surface area contributed by atoms with E-state index in [0.717, 1.165) is 21.8 Å². The lowest BCUT2D eigenvalue weighted by atomic mass is 10.3. The molecule has 0 fully saturated rings. The number of Topliss-reactive ketones (excluding diaryl/α,β-unsaturated/α-hetero) is 1. The van der Waals surface area contributed by atoms with Gasteiger partial charge < -0.3 is 15.0 Å². The van der Waals surface area contributed by atoms with Crippen LogP contribution >= 0.6 is 11.3 Å². The second kappa shape index (κ2) is 7.78. The third-order valence-electron chi connectivity index (χ3n) is 3.02. The molecule has 0 amide bonds. The number of benzene rings is 1. The van der Waals surface area contributed by atoms with E-state index in [1.807, 2.05) is 51.2 Å². The van der Waals surface area contributed by atoms with Gasteiger partial charge in [0, 0.05) is 19.7 Å². The van der Waals surface area contributed by atoms with Gasteiger partial charge in [-0.3, -0.25) is 4.79 Å². The molecular weight excluding hydrogens is 310 g/mol. The van der Waals surface area contributed by atoms with E-state index < -0.39 is 0 Å². The Labute approximate surface area is 139 Å². The molecule has 0 aliphatic rings. The average Bonchev–Trinajstić information content (AvgIpc) is 3.09. The first-order valence-electron chi connectivity index (χ1n) is 7.37. The minimum Gasteiger partial charge on any atom is -0.491 e. The molecule has 6 heteroatoms. The van der Waals surface area contributed by atoms with E-state index in [-0.39, 0.29) is 11.9 Å². The summed E-state index contributed by atoms with van der Waals surface area (Å²) >= 11 is 1.53. The lowest BCUT2D eigenvalue weighted by Crippen LogP contribution is -2.05. The van der Waals surface area contributed by atoms with Crippen molar-refractivity contribution >= 4 is 33.2 Å². The number of carbonyl (C=O) groups is 1. The van der Waals surface area contributed by atoms with Gasteiger partial charge in [-0.1, -0.05) is 0 Å². The Morgan fingerprint density at radius 1 is 1.30 bits per heavy atom. The summed E-state index contributed by atoms with van der Waals surface area (Å²) in [7, 11) is 1.90. The van der Waals surface area contributed by atoms with Crippen LogP contribution in [0, 0.1) is 0 Å². The standard InChI is InChI=1S/C10H15NO.C7H6N2OS/c1-8(2)12-10-6-4-9(11-3)5-7-10;1-4(10)5-2-6-7(9-5)8-3-11-6/h4-8,11H,1-3H3;2-3,9H,1H3. The fourth-order valence-electron chi connectivity index (χ4n) is 1.91. The number of aromatic nitrogens is 2. The molecule has 0 unspecified atom stereocenters. The van der Waals surface area contributed by atoms with Gasteiger partial charge in [-0.25, -0.2) is 4.98 Å². The van der Waals surface area contributed by atoms with Crippen LogP contribution in [-0.2, 0) is 0 Å². The van der Waals surface area contributed by atoms with Gasteiger partial charge in [-0.05, 0) is 44.2 Å². The second-order valence-electron chi connectivity index (χ2n) is 5.25. The lowest BCUT2D eigenvalue weighted by molar-refractivity contribution is 0.101. The minimum atomic E-state index is 0.0511. The summed E-state index contributed by atoms with van der Waals surface area (Å²) in [6.45, 7) is 5.58. The molecular formula is C17H21N3O2S. The topological polar surface area (TPSA) is 67.0 Å². The maximum atomic E-state index is 10.9. The number of thiazole rings is 1. The highest BCUT2D eigenvalue weighted by atomic mass is 32.1. The molecule has 23 heavy (non-hydrogen) atoms. The second-order valence-corrected chi connectivity index (χ2v) is 6.13. The molecule has 0 saturated heterocycles. The van der Waals surface area contributed by atoms with Crippen LogP contribution < -0.4 is 10.1 Å². The van der Waals surface area contributed by atoms with Crippen LogP contribution in [-0.4, -0.2) is 28.9 Å². The Morgan fingerprint density at radius 3 is 2.52 bits per heavy atom. The fraction of sp³-hybridized carbons (Fsp3) is 0.294. The Kier molecular flexibility index (Phi) is 5.76. The zero-order valence-electron chi connectivity index (χ0n) is 13.7. The van der Waals surface area contributed by atoms with Gasteiger partial charge in [-0.15, -0.1) is 11.3 Å². The Morgan fingerprint density at radius 2 is 2.00 bits per heavy atom. The van der Waals surface area contributed by atoms with E-state index in [9.17, 15) is 4.79 Å². The number of H-pyrrole nitrogens is 1. The van der Waals surface area contributed by atoms with Gasteiger partial charge in [0.1, 0.15) is 11.4 Å². The molecule has 3 aromatic rings. The number of nitrogens with one attached hydrogen (secondary N) is 2. The van der Waals surface area contributed by atoms with E-state index in [1.54, 1.807) is 5.51 Å². The number of aromatic amines is 1. The fourth-order valence-corrected chi connectivity index (χ4v) is 2.58. The number of carbonyl (C=O) groups excluding carboxylic acids is 1. The Bertz CT molecular complexity index is 731. The third-order valence-corrected chi connectivity index (χ3v) is 3.79. The first-order valence-corrected chi connectivity index (χ1v) is 8.25. The quantitative estimate of drug-likeness (QED) is 0.698. The normalized spacial score (nSPS) is 10.3. The molecule has 2 N–H and O–H groups in total. The highest BCUT2D eigenvalue weighted by molar-refractivity contribution is 7.16. The molecule has 5 nitrogen and oxygen atoms in total. The summed E-state index contributed by atoms with van der Waals surface area (Å²) in [5, 5.41) is 3.05. The zero-order valence-corrected chi connectivity index (χ0v) is 14.5. The molecule has 0 spiro atoms. The van der Waals surface area contributed by atoms with Gasteiger partial charge in [-0.2, -0.15) is 0 Å². The largest absolute Gasteiger partial charge is 0.491 e. The van der Waals surface area contributed by atoms with Gasteiger partial charge in [0.2, 0.25) is 0 Å². The molecule has 0 radical (unpaired) electrons. The van der Waals surface area contributed by atoms with Gasteiger partial charge in [0.15, 0.2) is 5.78 Å². The predicted molar refractivity (Wildman–Crippen MR) is 95.7 cm³/mol. The van der Waals surface area contributed by atoms with Crippen molar-refractivity contribution in [1.82, 2.24) is 9.97 Å². The van der Waals surface area contributed by atoms with Crippen LogP contribution in [0.2, 0.25) is 0 Å². The van der Waals surface area contributed by atoms with Crippen LogP contribution in [0.15, 0.2) is 35.8 Å². The SMILES string of the molecule is CC(=O)c1cc2scnc2[nH]1.CNc1ccc(OC(C)C)cc1. The molecule has 2 heterocycles. The molecule has 1 aromatic carbocycles. The van der Waals surface area contributed by atoms with Crippen LogP contribution in [0.1, 0.15) is 31.3 Å². The maximum Gasteiger partial charge on any atom is 0.176 e. The highest BCUT2D eigenvalue weighted by Crippen LogP contribution is 2.18. The molecule has 2 aromatic heterocycles. The smallest absolute Gasteiger partial charge is 0.176 e. The Hall–Kier alpha value is -2.34. The number of hydrogen-bond acceptors (Lipinski definition) is 5.